The third-order valence-electron chi connectivity index (χ3n) is 3.76. The van der Waals surface area contributed by atoms with Crippen LogP contribution in [0.3, 0.4) is 0 Å². The molecule has 0 atom stereocenters. The highest BCUT2D eigenvalue weighted by Gasteiger charge is 2.24. The molecule has 1 aromatic heterocycles. The molecule has 22 heavy (non-hydrogen) atoms. The van der Waals surface area contributed by atoms with Gasteiger partial charge < -0.3 is 15.0 Å². The van der Waals surface area contributed by atoms with Gasteiger partial charge in [-0.05, 0) is 30.7 Å². The molecule has 6 heteroatoms. The molecule has 2 amide bonds. The molecule has 0 aliphatic carbocycles. The molecule has 0 bridgehead atoms. The number of nitrogens with zero attached hydrogens (tertiary/aromatic N) is 1. The maximum Gasteiger partial charge on any atom is 0.409 e. The van der Waals surface area contributed by atoms with Crippen LogP contribution in [-0.2, 0) is 16.0 Å². The monoisotopic (exact) mass is 324 g/mol. The number of hydrogen-bond donors (Lipinski definition) is 1. The number of hydrogen-bond acceptors (Lipinski definition) is 4. The van der Waals surface area contributed by atoms with Crippen molar-refractivity contribution in [2.24, 2.45) is 0 Å². The first-order valence-corrected chi connectivity index (χ1v) is 8.80. The Bertz CT molecular complexity index is 468. The van der Waals surface area contributed by atoms with Crippen LogP contribution in [0.5, 0.6) is 0 Å². The van der Waals surface area contributed by atoms with Crippen molar-refractivity contribution < 1.29 is 14.3 Å². The number of carbonyl (C=O) groups excluding carboxylic acids is 2. The van der Waals surface area contributed by atoms with Crippen LogP contribution in [0, 0.1) is 0 Å². The van der Waals surface area contributed by atoms with Gasteiger partial charge in [-0.3, -0.25) is 4.79 Å². The van der Waals surface area contributed by atoms with Crippen LogP contribution < -0.4 is 5.32 Å². The van der Waals surface area contributed by atoms with Gasteiger partial charge in [0.2, 0.25) is 5.91 Å². The van der Waals surface area contributed by atoms with E-state index in [0.29, 0.717) is 26.1 Å². The van der Waals surface area contributed by atoms with Crippen molar-refractivity contribution >= 4 is 23.3 Å². The lowest BCUT2D eigenvalue weighted by molar-refractivity contribution is -0.121. The van der Waals surface area contributed by atoms with Crippen molar-refractivity contribution in [1.82, 2.24) is 10.2 Å². The summed E-state index contributed by atoms with van der Waals surface area (Å²) in [6.07, 6.45) is 3.72. The number of likely N-dealkylation sites (tertiary alicyclic amines) is 1. The Balaban J connectivity index is 1.66. The summed E-state index contributed by atoms with van der Waals surface area (Å²) in [6.45, 7) is 3.86. The van der Waals surface area contributed by atoms with E-state index in [9.17, 15) is 9.59 Å². The molecule has 0 aromatic carbocycles. The highest BCUT2D eigenvalue weighted by atomic mass is 32.1. The lowest BCUT2D eigenvalue weighted by Gasteiger charge is -2.31. The van der Waals surface area contributed by atoms with Crippen LogP contribution in [0.1, 0.15) is 37.5 Å². The van der Waals surface area contributed by atoms with E-state index >= 15 is 0 Å². The summed E-state index contributed by atoms with van der Waals surface area (Å²) in [4.78, 5) is 26.6. The highest BCUT2D eigenvalue weighted by molar-refractivity contribution is 7.10. The van der Waals surface area contributed by atoms with Gasteiger partial charge in [0.15, 0.2) is 0 Å². The van der Waals surface area contributed by atoms with E-state index in [0.717, 1.165) is 30.6 Å². The molecule has 1 aliphatic heterocycles. The van der Waals surface area contributed by atoms with Crippen molar-refractivity contribution in [1.29, 1.82) is 0 Å². The summed E-state index contributed by atoms with van der Waals surface area (Å²) in [5.74, 6) is 0.0615. The maximum atomic E-state index is 12.0. The number of amides is 2. The molecule has 122 valence electrons. The zero-order valence-corrected chi connectivity index (χ0v) is 13.9. The Labute approximate surface area is 135 Å². The summed E-state index contributed by atoms with van der Waals surface area (Å²) < 4.78 is 5.21. The normalized spacial score (nSPS) is 15.6. The summed E-state index contributed by atoms with van der Waals surface area (Å²) >= 11 is 1.60. The number of carbonyl (C=O) groups is 2. The molecular weight excluding hydrogens is 300 g/mol. The van der Waals surface area contributed by atoms with Gasteiger partial charge in [0.05, 0.1) is 13.0 Å². The zero-order valence-electron chi connectivity index (χ0n) is 13.0. The second-order valence-electron chi connectivity index (χ2n) is 5.55. The SMILES string of the molecule is CCCCOC(=O)N1CCC(NC(=O)Cc2cccs2)CC1. The third-order valence-corrected chi connectivity index (χ3v) is 4.63. The van der Waals surface area contributed by atoms with Gasteiger partial charge in [-0.2, -0.15) is 0 Å². The maximum absolute atomic E-state index is 12.0. The summed E-state index contributed by atoms with van der Waals surface area (Å²) in [6, 6.07) is 4.09. The molecule has 0 unspecified atom stereocenters. The summed E-state index contributed by atoms with van der Waals surface area (Å²) in [5.41, 5.74) is 0. The predicted molar refractivity (Wildman–Crippen MR) is 87.0 cm³/mol. The standard InChI is InChI=1S/C16H24N2O3S/c1-2-3-10-21-16(20)18-8-6-13(7-9-18)17-15(19)12-14-5-4-11-22-14/h4-5,11,13H,2-3,6-10,12H2,1H3,(H,17,19). The van der Waals surface area contributed by atoms with Crippen LogP contribution >= 0.6 is 11.3 Å². The number of piperidine rings is 1. The van der Waals surface area contributed by atoms with Gasteiger partial charge in [-0.25, -0.2) is 4.79 Å². The van der Waals surface area contributed by atoms with Gasteiger partial charge in [0.25, 0.3) is 0 Å². The van der Waals surface area contributed by atoms with Gasteiger partial charge in [0.1, 0.15) is 0 Å². The van der Waals surface area contributed by atoms with E-state index in [4.69, 9.17) is 4.74 Å². The molecule has 5 nitrogen and oxygen atoms in total. The van der Waals surface area contributed by atoms with Crippen LogP contribution in [0.25, 0.3) is 0 Å². The molecule has 1 aromatic rings. The first kappa shape index (κ1) is 16.8. The van der Waals surface area contributed by atoms with Crippen molar-refractivity contribution in [2.45, 2.75) is 45.1 Å². The molecule has 0 saturated carbocycles. The van der Waals surface area contributed by atoms with Crippen molar-refractivity contribution in [3.05, 3.63) is 22.4 Å². The first-order chi connectivity index (χ1) is 10.7. The summed E-state index contributed by atoms with van der Waals surface area (Å²) in [5, 5.41) is 5.04. The molecule has 2 rings (SSSR count). The first-order valence-electron chi connectivity index (χ1n) is 7.92. The van der Waals surface area contributed by atoms with E-state index in [1.807, 2.05) is 17.5 Å². The minimum atomic E-state index is -0.225. The van der Waals surface area contributed by atoms with Crippen LogP contribution in [0.2, 0.25) is 0 Å². The fraction of sp³-hybridized carbons (Fsp3) is 0.625. The number of ether oxygens (including phenoxy) is 1. The summed E-state index contributed by atoms with van der Waals surface area (Å²) in [7, 11) is 0. The van der Waals surface area contributed by atoms with Crippen molar-refractivity contribution in [3.63, 3.8) is 0 Å². The Morgan fingerprint density at radius 3 is 2.82 bits per heavy atom. The quantitative estimate of drug-likeness (QED) is 0.819. The van der Waals surface area contributed by atoms with Crippen molar-refractivity contribution in [2.75, 3.05) is 19.7 Å². The minimum Gasteiger partial charge on any atom is -0.449 e. The largest absolute Gasteiger partial charge is 0.449 e. The number of unbranched alkanes of at least 4 members (excludes halogenated alkanes) is 1. The van der Waals surface area contributed by atoms with Gasteiger partial charge in [-0.1, -0.05) is 19.4 Å². The van der Waals surface area contributed by atoms with Gasteiger partial charge >= 0.3 is 6.09 Å². The lowest BCUT2D eigenvalue weighted by Crippen LogP contribution is -2.47. The second-order valence-corrected chi connectivity index (χ2v) is 6.59. The molecule has 1 N–H and O–H groups in total. The average Bonchev–Trinajstić information content (AvgIpc) is 3.01. The average molecular weight is 324 g/mol. The predicted octanol–water partition coefficient (Wildman–Crippen LogP) is 2.81. The van der Waals surface area contributed by atoms with E-state index in [2.05, 4.69) is 12.2 Å². The molecule has 0 radical (unpaired) electrons. The van der Waals surface area contributed by atoms with E-state index in [1.54, 1.807) is 16.2 Å². The molecular formula is C16H24N2O3S. The fourth-order valence-corrected chi connectivity index (χ4v) is 3.16. The van der Waals surface area contributed by atoms with Crippen molar-refractivity contribution in [3.8, 4) is 0 Å². The topological polar surface area (TPSA) is 58.6 Å². The van der Waals surface area contributed by atoms with E-state index < -0.39 is 0 Å². The zero-order chi connectivity index (χ0) is 15.8. The molecule has 2 heterocycles. The van der Waals surface area contributed by atoms with Crippen LogP contribution in [0.15, 0.2) is 17.5 Å². The number of thiophene rings is 1. The number of nitrogens with one attached hydrogen (secondary N) is 1. The molecule has 0 spiro atoms. The third kappa shape index (κ3) is 5.33. The Hall–Kier alpha value is -1.56. The van der Waals surface area contributed by atoms with Gasteiger partial charge in [0, 0.05) is 24.0 Å². The molecule has 1 aliphatic rings. The second kappa shape index (κ2) is 8.78. The Morgan fingerprint density at radius 1 is 1.41 bits per heavy atom. The van der Waals surface area contributed by atoms with E-state index in [-0.39, 0.29) is 18.0 Å². The van der Waals surface area contributed by atoms with Gasteiger partial charge in [-0.15, -0.1) is 11.3 Å². The smallest absolute Gasteiger partial charge is 0.409 e. The molecule has 1 saturated heterocycles. The minimum absolute atomic E-state index is 0.0615. The Morgan fingerprint density at radius 2 is 2.18 bits per heavy atom. The number of rotatable bonds is 6. The van der Waals surface area contributed by atoms with Crippen LogP contribution in [-0.4, -0.2) is 42.6 Å². The van der Waals surface area contributed by atoms with Crippen LogP contribution in [0.4, 0.5) is 4.79 Å². The highest BCUT2D eigenvalue weighted by Crippen LogP contribution is 2.13. The fourth-order valence-electron chi connectivity index (χ4n) is 2.45. The lowest BCUT2D eigenvalue weighted by atomic mass is 10.1. The molecule has 1 fully saturated rings. The van der Waals surface area contributed by atoms with E-state index in [1.165, 1.54) is 0 Å². The Kier molecular flexibility index (Phi) is 6.71.